The van der Waals surface area contributed by atoms with Crippen LogP contribution in [0.3, 0.4) is 0 Å². The van der Waals surface area contributed by atoms with Crippen molar-refractivity contribution in [2.45, 2.75) is 17.4 Å². The summed E-state index contributed by atoms with van der Waals surface area (Å²) in [6, 6.07) is 9.52. The van der Waals surface area contributed by atoms with E-state index in [2.05, 4.69) is 5.32 Å². The van der Waals surface area contributed by atoms with E-state index in [1.54, 1.807) is 36.6 Å². The highest BCUT2D eigenvalue weighted by Gasteiger charge is 2.36. The molecule has 0 spiro atoms. The molecule has 1 N–H and O–H groups in total. The Morgan fingerprint density at radius 3 is 2.46 bits per heavy atom. The number of furan rings is 3. The maximum absolute atomic E-state index is 12.6. The number of nitrogens with one attached hydrogen (secondary N) is 1. The zero-order valence-electron chi connectivity index (χ0n) is 14.4. The van der Waals surface area contributed by atoms with E-state index in [0.717, 1.165) is 10.7 Å². The molecule has 0 aliphatic carbocycles. The van der Waals surface area contributed by atoms with Gasteiger partial charge in [0.25, 0.3) is 11.8 Å². The standard InChI is InChI=1S/C19H14N2O6S/c22-17-15(18(23)21(19(24)20-17)10-13-3-1-7-25-13)9-12-5-6-16(27-12)28-11-14-4-2-8-26-14/h1-9H,10-11H2,(H,20,22,24)/b15-9+. The fourth-order valence-corrected chi connectivity index (χ4v) is 3.33. The summed E-state index contributed by atoms with van der Waals surface area (Å²) in [6.07, 6.45) is 4.35. The van der Waals surface area contributed by atoms with Gasteiger partial charge in [-0.2, -0.15) is 0 Å². The van der Waals surface area contributed by atoms with E-state index < -0.39 is 17.8 Å². The third-order valence-corrected chi connectivity index (χ3v) is 4.84. The summed E-state index contributed by atoms with van der Waals surface area (Å²) < 4.78 is 16.1. The zero-order valence-corrected chi connectivity index (χ0v) is 15.2. The van der Waals surface area contributed by atoms with Gasteiger partial charge in [-0.15, -0.1) is 0 Å². The van der Waals surface area contributed by atoms with Crippen molar-refractivity contribution in [3.8, 4) is 0 Å². The molecule has 4 amide bonds. The molecule has 1 aliphatic heterocycles. The Hall–Kier alpha value is -3.46. The van der Waals surface area contributed by atoms with Gasteiger partial charge in [-0.05, 0) is 42.5 Å². The van der Waals surface area contributed by atoms with Gasteiger partial charge in [-0.25, -0.2) is 4.79 Å². The Labute approximate surface area is 163 Å². The van der Waals surface area contributed by atoms with Gasteiger partial charge in [-0.1, -0.05) is 11.8 Å². The molecular weight excluding hydrogens is 384 g/mol. The highest BCUT2D eigenvalue weighted by Crippen LogP contribution is 2.26. The quantitative estimate of drug-likeness (QED) is 0.385. The number of barbiturate groups is 1. The number of rotatable bonds is 6. The van der Waals surface area contributed by atoms with Crippen molar-refractivity contribution in [1.82, 2.24) is 10.2 Å². The monoisotopic (exact) mass is 398 g/mol. The molecule has 4 heterocycles. The van der Waals surface area contributed by atoms with E-state index in [1.807, 2.05) is 6.07 Å². The van der Waals surface area contributed by atoms with Crippen molar-refractivity contribution in [2.24, 2.45) is 0 Å². The molecule has 28 heavy (non-hydrogen) atoms. The first kappa shape index (κ1) is 17.9. The topological polar surface area (TPSA) is 106 Å². The normalized spacial score (nSPS) is 16.1. The molecule has 3 aromatic rings. The van der Waals surface area contributed by atoms with Crippen LogP contribution in [0.25, 0.3) is 6.08 Å². The van der Waals surface area contributed by atoms with E-state index >= 15 is 0 Å². The summed E-state index contributed by atoms with van der Waals surface area (Å²) in [4.78, 5) is 37.7. The summed E-state index contributed by atoms with van der Waals surface area (Å²) in [7, 11) is 0. The lowest BCUT2D eigenvalue weighted by Crippen LogP contribution is -2.53. The smallest absolute Gasteiger partial charge is 0.331 e. The minimum atomic E-state index is -0.794. The van der Waals surface area contributed by atoms with Gasteiger partial charge in [0, 0.05) is 0 Å². The first-order chi connectivity index (χ1) is 13.6. The van der Waals surface area contributed by atoms with Crippen LogP contribution >= 0.6 is 11.8 Å². The van der Waals surface area contributed by atoms with Gasteiger partial charge in [0.05, 0.1) is 24.8 Å². The third kappa shape index (κ3) is 3.79. The van der Waals surface area contributed by atoms with E-state index in [0.29, 0.717) is 22.4 Å². The highest BCUT2D eigenvalue weighted by molar-refractivity contribution is 7.98. The number of thioether (sulfide) groups is 1. The molecule has 0 unspecified atom stereocenters. The van der Waals surface area contributed by atoms with Crippen LogP contribution in [0, 0.1) is 0 Å². The summed E-state index contributed by atoms with van der Waals surface area (Å²) in [6.45, 7) is -0.0787. The molecule has 0 bridgehead atoms. The number of urea groups is 1. The largest absolute Gasteiger partial charge is 0.468 e. The molecule has 0 saturated carbocycles. The maximum Gasteiger partial charge on any atom is 0.331 e. The Balaban J connectivity index is 1.50. The van der Waals surface area contributed by atoms with E-state index in [-0.39, 0.29) is 12.1 Å². The van der Waals surface area contributed by atoms with Crippen LogP contribution < -0.4 is 5.32 Å². The molecule has 1 saturated heterocycles. The minimum Gasteiger partial charge on any atom is -0.468 e. The molecule has 8 nitrogen and oxygen atoms in total. The molecular formula is C19H14N2O6S. The summed E-state index contributed by atoms with van der Waals surface area (Å²) in [5, 5.41) is 2.76. The fourth-order valence-electron chi connectivity index (χ4n) is 2.56. The average Bonchev–Trinajstić information content (AvgIpc) is 3.43. The van der Waals surface area contributed by atoms with Crippen molar-refractivity contribution < 1.29 is 27.6 Å². The molecule has 0 aromatic carbocycles. The molecule has 3 aromatic heterocycles. The molecule has 0 atom stereocenters. The molecule has 142 valence electrons. The highest BCUT2D eigenvalue weighted by atomic mass is 32.2. The minimum absolute atomic E-state index is 0.0787. The van der Waals surface area contributed by atoms with Gasteiger partial charge in [0.2, 0.25) is 0 Å². The van der Waals surface area contributed by atoms with E-state index in [9.17, 15) is 14.4 Å². The van der Waals surface area contributed by atoms with Gasteiger partial charge in [-0.3, -0.25) is 19.8 Å². The molecule has 1 fully saturated rings. The third-order valence-electron chi connectivity index (χ3n) is 3.91. The summed E-state index contributed by atoms with van der Waals surface area (Å²) in [5.74, 6) is 0.648. The first-order valence-electron chi connectivity index (χ1n) is 8.26. The Bertz CT molecular complexity index is 1030. The van der Waals surface area contributed by atoms with Crippen LogP contribution in [0.1, 0.15) is 17.3 Å². The van der Waals surface area contributed by atoms with Crippen molar-refractivity contribution in [3.05, 3.63) is 71.8 Å². The Morgan fingerprint density at radius 2 is 1.75 bits per heavy atom. The Kier molecular flexibility index (Phi) is 4.90. The lowest BCUT2D eigenvalue weighted by Gasteiger charge is -2.25. The number of carbonyl (C=O) groups is 3. The Morgan fingerprint density at radius 1 is 1.00 bits per heavy atom. The summed E-state index contributed by atoms with van der Waals surface area (Å²) >= 11 is 1.41. The lowest BCUT2D eigenvalue weighted by atomic mass is 10.1. The molecule has 9 heteroatoms. The lowest BCUT2D eigenvalue weighted by molar-refractivity contribution is -0.130. The van der Waals surface area contributed by atoms with Gasteiger partial charge in [0.15, 0.2) is 5.09 Å². The average molecular weight is 398 g/mol. The van der Waals surface area contributed by atoms with Crippen LogP contribution in [0.15, 0.2) is 72.8 Å². The predicted molar refractivity (Wildman–Crippen MR) is 97.8 cm³/mol. The van der Waals surface area contributed by atoms with Crippen molar-refractivity contribution in [2.75, 3.05) is 0 Å². The summed E-state index contributed by atoms with van der Waals surface area (Å²) in [5.41, 5.74) is -0.192. The van der Waals surface area contributed by atoms with Gasteiger partial charge in [0.1, 0.15) is 22.9 Å². The van der Waals surface area contributed by atoms with Crippen molar-refractivity contribution in [3.63, 3.8) is 0 Å². The van der Waals surface area contributed by atoms with Crippen LogP contribution in [-0.4, -0.2) is 22.7 Å². The predicted octanol–water partition coefficient (Wildman–Crippen LogP) is 3.42. The molecule has 4 rings (SSSR count). The van der Waals surface area contributed by atoms with Crippen LogP contribution in [-0.2, 0) is 21.9 Å². The number of nitrogens with zero attached hydrogens (tertiary/aromatic N) is 1. The van der Waals surface area contributed by atoms with Crippen molar-refractivity contribution in [1.29, 1.82) is 0 Å². The second kappa shape index (κ2) is 7.65. The number of hydrogen-bond donors (Lipinski definition) is 1. The number of carbonyl (C=O) groups excluding carboxylic acids is 3. The first-order valence-corrected chi connectivity index (χ1v) is 9.25. The number of imide groups is 2. The second-order valence-corrected chi connectivity index (χ2v) is 6.79. The molecule has 1 aliphatic rings. The second-order valence-electron chi connectivity index (χ2n) is 5.81. The van der Waals surface area contributed by atoms with Gasteiger partial charge < -0.3 is 13.3 Å². The molecule has 0 radical (unpaired) electrons. The van der Waals surface area contributed by atoms with Gasteiger partial charge >= 0.3 is 6.03 Å². The number of hydrogen-bond acceptors (Lipinski definition) is 7. The van der Waals surface area contributed by atoms with Crippen molar-refractivity contribution >= 4 is 35.7 Å². The van der Waals surface area contributed by atoms with E-state index in [4.69, 9.17) is 13.3 Å². The SMILES string of the molecule is O=C1NC(=O)N(Cc2ccco2)C(=O)/C1=C/c1ccc(SCc2ccco2)o1. The fraction of sp³-hybridized carbons (Fsp3) is 0.105. The van der Waals surface area contributed by atoms with Crippen LogP contribution in [0.2, 0.25) is 0 Å². The maximum atomic E-state index is 12.6. The van der Waals surface area contributed by atoms with E-state index in [1.165, 1.54) is 24.1 Å². The van der Waals surface area contributed by atoms with Crippen LogP contribution in [0.5, 0.6) is 0 Å². The zero-order chi connectivity index (χ0) is 19.5. The van der Waals surface area contributed by atoms with Crippen LogP contribution in [0.4, 0.5) is 4.79 Å². The number of amides is 4.